The number of hydrogen-bond acceptors (Lipinski definition) is 5. The molecule has 1 aliphatic heterocycles. The summed E-state index contributed by atoms with van der Waals surface area (Å²) in [6.45, 7) is 0.144. The van der Waals surface area contributed by atoms with Crippen LogP contribution < -0.4 is 19.1 Å². The van der Waals surface area contributed by atoms with E-state index in [-0.39, 0.29) is 19.1 Å². The molecule has 0 N–H and O–H groups in total. The van der Waals surface area contributed by atoms with Crippen molar-refractivity contribution in [3.63, 3.8) is 0 Å². The monoisotopic (exact) mass is 487 g/mol. The number of hydrogen-bond donors (Lipinski definition) is 0. The fourth-order valence-electron chi connectivity index (χ4n) is 3.91. The van der Waals surface area contributed by atoms with Crippen molar-refractivity contribution in [3.05, 3.63) is 81.3 Å². The fourth-order valence-corrected chi connectivity index (χ4v) is 4.39. The molecule has 0 saturated carbocycles. The number of fused-ring (bicyclic) bond motifs is 1. The SMILES string of the molecule is COc1ccc(CN2C(=O)COC(c3cccc(OC)c3Cl)c3cc(Cl)ccc32)c(OC)c1. The number of methoxy groups -OCH3 is 3. The molecule has 6 nitrogen and oxygen atoms in total. The largest absolute Gasteiger partial charge is 0.497 e. The molecule has 0 saturated heterocycles. The highest BCUT2D eigenvalue weighted by Crippen LogP contribution is 2.43. The van der Waals surface area contributed by atoms with Crippen LogP contribution in [0.2, 0.25) is 10.0 Å². The van der Waals surface area contributed by atoms with E-state index >= 15 is 0 Å². The first-order chi connectivity index (χ1) is 16.0. The highest BCUT2D eigenvalue weighted by atomic mass is 35.5. The van der Waals surface area contributed by atoms with E-state index in [1.54, 1.807) is 50.5 Å². The van der Waals surface area contributed by atoms with Gasteiger partial charge >= 0.3 is 0 Å². The van der Waals surface area contributed by atoms with E-state index in [4.69, 9.17) is 42.1 Å². The zero-order valence-corrected chi connectivity index (χ0v) is 19.9. The summed E-state index contributed by atoms with van der Waals surface area (Å²) >= 11 is 13.0. The predicted molar refractivity (Wildman–Crippen MR) is 128 cm³/mol. The number of carbonyl (C=O) groups excluding carboxylic acids is 1. The Labute approximate surface area is 202 Å². The summed E-state index contributed by atoms with van der Waals surface area (Å²) in [5, 5.41) is 0.950. The Balaban J connectivity index is 1.80. The molecular weight excluding hydrogens is 465 g/mol. The van der Waals surface area contributed by atoms with Crippen molar-refractivity contribution in [2.24, 2.45) is 0 Å². The van der Waals surface area contributed by atoms with Crippen molar-refractivity contribution >= 4 is 34.8 Å². The van der Waals surface area contributed by atoms with E-state index in [0.29, 0.717) is 38.5 Å². The molecule has 0 bridgehead atoms. The number of nitrogens with zero attached hydrogens (tertiary/aromatic N) is 1. The fraction of sp³-hybridized carbons (Fsp3) is 0.240. The standard InChI is InChI=1S/C25H23Cl2NO5/c1-30-17-9-7-15(22(12-17)32-3)13-28-20-10-8-16(26)11-19(20)25(33-14-23(28)29)18-5-4-6-21(31-2)24(18)27/h4-12,25H,13-14H2,1-3H3. The van der Waals surface area contributed by atoms with Crippen LogP contribution in [0.25, 0.3) is 0 Å². The number of ether oxygens (including phenoxy) is 4. The van der Waals surface area contributed by atoms with Gasteiger partial charge in [-0.3, -0.25) is 4.79 Å². The van der Waals surface area contributed by atoms with E-state index in [1.165, 1.54) is 0 Å². The predicted octanol–water partition coefficient (Wildman–Crippen LogP) is 5.67. The molecule has 8 heteroatoms. The molecule has 1 unspecified atom stereocenters. The Morgan fingerprint density at radius 2 is 1.73 bits per heavy atom. The second-order valence-electron chi connectivity index (χ2n) is 7.42. The molecular formula is C25H23Cl2NO5. The lowest BCUT2D eigenvalue weighted by atomic mass is 9.98. The van der Waals surface area contributed by atoms with Crippen molar-refractivity contribution in [3.8, 4) is 17.2 Å². The van der Waals surface area contributed by atoms with Gasteiger partial charge in [0.05, 0.1) is 38.6 Å². The summed E-state index contributed by atoms with van der Waals surface area (Å²) in [5.74, 6) is 1.62. The van der Waals surface area contributed by atoms with E-state index in [2.05, 4.69) is 0 Å². The maximum absolute atomic E-state index is 13.2. The Morgan fingerprint density at radius 3 is 2.45 bits per heavy atom. The van der Waals surface area contributed by atoms with Crippen LogP contribution in [0, 0.1) is 0 Å². The van der Waals surface area contributed by atoms with Gasteiger partial charge in [0.25, 0.3) is 5.91 Å². The molecule has 3 aromatic rings. The molecule has 172 valence electrons. The number of rotatable bonds is 6. The molecule has 33 heavy (non-hydrogen) atoms. The summed E-state index contributed by atoms with van der Waals surface area (Å²) in [7, 11) is 4.73. The van der Waals surface area contributed by atoms with Crippen molar-refractivity contribution in [1.82, 2.24) is 0 Å². The van der Waals surface area contributed by atoms with E-state index in [1.807, 2.05) is 30.3 Å². The minimum atomic E-state index is -0.604. The Hall–Kier alpha value is -2.93. The smallest absolute Gasteiger partial charge is 0.253 e. The molecule has 3 aromatic carbocycles. The zero-order valence-electron chi connectivity index (χ0n) is 18.4. The molecule has 1 atom stereocenters. The van der Waals surface area contributed by atoms with Crippen LogP contribution in [0.3, 0.4) is 0 Å². The van der Waals surface area contributed by atoms with Crippen LogP contribution in [0.1, 0.15) is 22.8 Å². The van der Waals surface area contributed by atoms with Crippen molar-refractivity contribution < 1.29 is 23.7 Å². The lowest BCUT2D eigenvalue weighted by Crippen LogP contribution is -2.32. The summed E-state index contributed by atoms with van der Waals surface area (Å²) in [6.07, 6.45) is -0.604. The average molecular weight is 488 g/mol. The number of anilines is 1. The second kappa shape index (κ2) is 9.91. The number of carbonyl (C=O) groups is 1. The number of amides is 1. The van der Waals surface area contributed by atoms with Gasteiger partial charge in [0.2, 0.25) is 0 Å². The molecule has 0 fully saturated rings. The molecule has 0 spiro atoms. The van der Waals surface area contributed by atoms with Crippen molar-refractivity contribution in [2.75, 3.05) is 32.8 Å². The summed E-state index contributed by atoms with van der Waals surface area (Å²) in [4.78, 5) is 14.9. The Kier molecular flexibility index (Phi) is 6.98. The maximum Gasteiger partial charge on any atom is 0.253 e. The maximum atomic E-state index is 13.2. The molecule has 1 aliphatic rings. The lowest BCUT2D eigenvalue weighted by molar-refractivity contribution is -0.123. The van der Waals surface area contributed by atoms with E-state index in [9.17, 15) is 4.79 Å². The van der Waals surface area contributed by atoms with Crippen LogP contribution in [-0.2, 0) is 16.1 Å². The number of benzene rings is 3. The van der Waals surface area contributed by atoms with Gasteiger partial charge in [-0.05, 0) is 36.4 Å². The molecule has 4 rings (SSSR count). The molecule has 1 heterocycles. The quantitative estimate of drug-likeness (QED) is 0.448. The third-order valence-corrected chi connectivity index (χ3v) is 6.20. The van der Waals surface area contributed by atoms with Crippen LogP contribution in [-0.4, -0.2) is 33.8 Å². The first-order valence-corrected chi connectivity index (χ1v) is 11.0. The Bertz CT molecular complexity index is 1180. The van der Waals surface area contributed by atoms with Gasteiger partial charge < -0.3 is 23.8 Å². The zero-order chi connectivity index (χ0) is 23.5. The topological polar surface area (TPSA) is 57.2 Å². The van der Waals surface area contributed by atoms with Gasteiger partial charge in [-0.2, -0.15) is 0 Å². The highest BCUT2D eigenvalue weighted by molar-refractivity contribution is 6.33. The van der Waals surface area contributed by atoms with Gasteiger partial charge in [-0.15, -0.1) is 0 Å². The molecule has 0 aliphatic carbocycles. The summed E-state index contributed by atoms with van der Waals surface area (Å²) < 4.78 is 22.3. The molecule has 0 aromatic heterocycles. The van der Waals surface area contributed by atoms with Gasteiger partial charge in [-0.25, -0.2) is 0 Å². The highest BCUT2D eigenvalue weighted by Gasteiger charge is 2.32. The third-order valence-electron chi connectivity index (χ3n) is 5.56. The van der Waals surface area contributed by atoms with Crippen LogP contribution >= 0.6 is 23.2 Å². The lowest BCUT2D eigenvalue weighted by Gasteiger charge is -2.25. The summed E-state index contributed by atoms with van der Waals surface area (Å²) in [5.41, 5.74) is 2.93. The normalized spacial score (nSPS) is 15.6. The molecule has 1 amide bonds. The van der Waals surface area contributed by atoms with Crippen LogP contribution in [0.4, 0.5) is 5.69 Å². The minimum Gasteiger partial charge on any atom is -0.497 e. The van der Waals surface area contributed by atoms with Crippen LogP contribution in [0.15, 0.2) is 54.6 Å². The van der Waals surface area contributed by atoms with Gasteiger partial charge in [0, 0.05) is 27.8 Å². The van der Waals surface area contributed by atoms with E-state index in [0.717, 1.165) is 11.1 Å². The minimum absolute atomic E-state index is 0.136. The first kappa shape index (κ1) is 23.2. The summed E-state index contributed by atoms with van der Waals surface area (Å²) in [6, 6.07) is 16.3. The second-order valence-corrected chi connectivity index (χ2v) is 8.23. The van der Waals surface area contributed by atoms with Gasteiger partial charge in [-0.1, -0.05) is 35.3 Å². The van der Waals surface area contributed by atoms with Gasteiger partial charge in [0.15, 0.2) is 0 Å². The average Bonchev–Trinajstić information content (AvgIpc) is 2.96. The molecule has 0 radical (unpaired) electrons. The van der Waals surface area contributed by atoms with E-state index < -0.39 is 6.10 Å². The van der Waals surface area contributed by atoms with Crippen LogP contribution in [0.5, 0.6) is 17.2 Å². The Morgan fingerprint density at radius 1 is 0.939 bits per heavy atom. The first-order valence-electron chi connectivity index (χ1n) is 10.2. The van der Waals surface area contributed by atoms with Crippen molar-refractivity contribution in [2.45, 2.75) is 12.6 Å². The van der Waals surface area contributed by atoms with Gasteiger partial charge in [0.1, 0.15) is 30.0 Å². The third kappa shape index (κ3) is 4.60. The number of halogens is 2. The van der Waals surface area contributed by atoms with Crippen molar-refractivity contribution in [1.29, 1.82) is 0 Å².